The van der Waals surface area contributed by atoms with Crippen molar-refractivity contribution < 1.29 is 19.1 Å². The fourth-order valence-electron chi connectivity index (χ4n) is 1.87. The van der Waals surface area contributed by atoms with Gasteiger partial charge in [0, 0.05) is 11.8 Å². The molecule has 0 fully saturated rings. The van der Waals surface area contributed by atoms with Gasteiger partial charge in [-0.15, -0.1) is 11.3 Å². The molecule has 2 rings (SSSR count). The van der Waals surface area contributed by atoms with Crippen molar-refractivity contribution in [1.29, 1.82) is 0 Å². The maximum absolute atomic E-state index is 12.1. The van der Waals surface area contributed by atoms with Gasteiger partial charge in [-0.3, -0.25) is 4.79 Å². The number of thiophene rings is 1. The first-order chi connectivity index (χ1) is 9.31. The molecule has 0 spiro atoms. The minimum absolute atomic E-state index is 0.0996. The molecule has 0 unspecified atom stereocenters. The minimum atomic E-state index is -1.06. The van der Waals surface area contributed by atoms with Gasteiger partial charge in [-0.25, -0.2) is 9.78 Å². The number of anilines is 1. The highest BCUT2D eigenvalue weighted by molar-refractivity contribution is 7.16. The fraction of sp³-hybridized carbons (Fsp3) is 0.308. The van der Waals surface area contributed by atoms with Crippen molar-refractivity contribution in [3.05, 3.63) is 33.3 Å². The number of aromatic nitrogens is 1. The highest BCUT2D eigenvalue weighted by Crippen LogP contribution is 2.32. The summed E-state index contributed by atoms with van der Waals surface area (Å²) >= 11 is 1.23. The van der Waals surface area contributed by atoms with E-state index in [-0.39, 0.29) is 11.3 Å². The third kappa shape index (κ3) is 2.44. The van der Waals surface area contributed by atoms with Crippen LogP contribution in [0.3, 0.4) is 0 Å². The highest BCUT2D eigenvalue weighted by atomic mass is 32.1. The number of nitrogens with one attached hydrogen (secondary N) is 1. The number of carboxylic acids is 1. The number of carbonyl (C=O) groups is 2. The van der Waals surface area contributed by atoms with E-state index in [1.807, 2.05) is 6.92 Å². The quantitative estimate of drug-likeness (QED) is 0.908. The van der Waals surface area contributed by atoms with Crippen molar-refractivity contribution in [2.45, 2.75) is 27.7 Å². The molecule has 2 N–H and O–H groups in total. The Morgan fingerprint density at radius 1 is 1.25 bits per heavy atom. The topological polar surface area (TPSA) is 92.4 Å². The third-order valence-electron chi connectivity index (χ3n) is 2.94. The summed E-state index contributed by atoms with van der Waals surface area (Å²) in [4.78, 5) is 28.2. The summed E-state index contributed by atoms with van der Waals surface area (Å²) in [7, 11) is 0. The Labute approximate surface area is 119 Å². The molecule has 0 radical (unpaired) electrons. The largest absolute Gasteiger partial charge is 0.478 e. The zero-order valence-corrected chi connectivity index (χ0v) is 12.3. The number of carboxylic acid groups (broad SMARTS) is 1. The van der Waals surface area contributed by atoms with Crippen molar-refractivity contribution in [3.63, 3.8) is 0 Å². The zero-order chi connectivity index (χ0) is 15.0. The van der Waals surface area contributed by atoms with Crippen molar-refractivity contribution in [2.75, 3.05) is 5.32 Å². The second kappa shape index (κ2) is 5.09. The second-order valence-electron chi connectivity index (χ2n) is 4.39. The summed E-state index contributed by atoms with van der Waals surface area (Å²) in [5.74, 6) is -1.06. The van der Waals surface area contributed by atoms with E-state index in [1.54, 1.807) is 20.8 Å². The molecule has 106 valence electrons. The Kier molecular flexibility index (Phi) is 3.63. The fourth-order valence-corrected chi connectivity index (χ4v) is 2.92. The van der Waals surface area contributed by atoms with Crippen molar-refractivity contribution >= 4 is 28.2 Å². The highest BCUT2D eigenvalue weighted by Gasteiger charge is 2.23. The van der Waals surface area contributed by atoms with Gasteiger partial charge in [0.1, 0.15) is 5.00 Å². The lowest BCUT2D eigenvalue weighted by Gasteiger charge is -2.02. The molecule has 1 amide bonds. The van der Waals surface area contributed by atoms with Crippen molar-refractivity contribution in [2.24, 2.45) is 0 Å². The third-order valence-corrected chi connectivity index (χ3v) is 4.06. The van der Waals surface area contributed by atoms with Gasteiger partial charge in [0.05, 0.1) is 11.3 Å². The molecule has 0 aromatic carbocycles. The van der Waals surface area contributed by atoms with Crippen LogP contribution >= 0.6 is 11.3 Å². The van der Waals surface area contributed by atoms with Crippen molar-refractivity contribution in [1.82, 2.24) is 4.98 Å². The lowest BCUT2D eigenvalue weighted by molar-refractivity contribution is 0.0697. The smallest absolute Gasteiger partial charge is 0.338 e. The summed E-state index contributed by atoms with van der Waals surface area (Å²) in [5.41, 5.74) is 1.25. The molecule has 0 atom stereocenters. The molecule has 0 aliphatic carbocycles. The Bertz CT molecular complexity index is 700. The van der Waals surface area contributed by atoms with Crippen LogP contribution in [0, 0.1) is 27.7 Å². The van der Waals surface area contributed by atoms with E-state index in [4.69, 9.17) is 4.42 Å². The number of hydrogen-bond donors (Lipinski definition) is 2. The van der Waals surface area contributed by atoms with Gasteiger partial charge in [0.2, 0.25) is 5.76 Å². The SMILES string of the molecule is Cc1nc(C)c(C(=O)Nc2sc(C)c(C)c2C(=O)O)o1. The summed E-state index contributed by atoms with van der Waals surface area (Å²) in [5, 5.41) is 12.1. The Morgan fingerprint density at radius 3 is 2.40 bits per heavy atom. The molecule has 7 heteroatoms. The lowest BCUT2D eigenvalue weighted by atomic mass is 10.1. The molecule has 2 aromatic heterocycles. The molecular weight excluding hydrogens is 280 g/mol. The summed E-state index contributed by atoms with van der Waals surface area (Å²) in [6.07, 6.45) is 0. The second-order valence-corrected chi connectivity index (χ2v) is 5.62. The average molecular weight is 294 g/mol. The van der Waals surface area contributed by atoms with Crippen LogP contribution in [0.2, 0.25) is 0 Å². The number of amides is 1. The van der Waals surface area contributed by atoms with Gasteiger partial charge < -0.3 is 14.8 Å². The monoisotopic (exact) mass is 294 g/mol. The molecule has 0 aliphatic heterocycles. The number of carbonyl (C=O) groups excluding carboxylic acids is 1. The van der Waals surface area contributed by atoms with Crippen LogP contribution in [0.5, 0.6) is 0 Å². The van der Waals surface area contributed by atoms with E-state index in [1.165, 1.54) is 11.3 Å². The van der Waals surface area contributed by atoms with Crippen LogP contribution in [0.1, 0.15) is 42.9 Å². The molecule has 0 saturated carbocycles. The van der Waals surface area contributed by atoms with Crippen molar-refractivity contribution in [3.8, 4) is 0 Å². The number of nitrogens with zero attached hydrogens (tertiary/aromatic N) is 1. The molecular formula is C13H14N2O4S. The van der Waals surface area contributed by atoms with E-state index >= 15 is 0 Å². The van der Waals surface area contributed by atoms with Gasteiger partial charge in [-0.05, 0) is 26.3 Å². The van der Waals surface area contributed by atoms with Gasteiger partial charge in [-0.2, -0.15) is 0 Å². The maximum Gasteiger partial charge on any atom is 0.338 e. The maximum atomic E-state index is 12.1. The van der Waals surface area contributed by atoms with Crippen LogP contribution in [0.15, 0.2) is 4.42 Å². The molecule has 0 aliphatic rings. The zero-order valence-electron chi connectivity index (χ0n) is 11.5. The summed E-state index contributed by atoms with van der Waals surface area (Å²) in [6.45, 7) is 6.83. The minimum Gasteiger partial charge on any atom is -0.478 e. The predicted octanol–water partition coefficient (Wildman–Crippen LogP) is 2.92. The molecule has 20 heavy (non-hydrogen) atoms. The van der Waals surface area contributed by atoms with Crippen LogP contribution < -0.4 is 5.32 Å². The van der Waals surface area contributed by atoms with Gasteiger partial charge in [0.15, 0.2) is 5.89 Å². The first-order valence-corrected chi connectivity index (χ1v) is 6.71. The first-order valence-electron chi connectivity index (χ1n) is 5.90. The molecule has 0 saturated heterocycles. The van der Waals surface area contributed by atoms with E-state index < -0.39 is 11.9 Å². The number of aryl methyl sites for hydroxylation is 3. The van der Waals surface area contributed by atoms with Gasteiger partial charge in [-0.1, -0.05) is 0 Å². The predicted molar refractivity (Wildman–Crippen MR) is 74.7 cm³/mol. The van der Waals surface area contributed by atoms with E-state index in [0.29, 0.717) is 22.1 Å². The normalized spacial score (nSPS) is 10.6. The van der Waals surface area contributed by atoms with E-state index in [9.17, 15) is 14.7 Å². The number of rotatable bonds is 3. The van der Waals surface area contributed by atoms with Crippen LogP contribution in [0.4, 0.5) is 5.00 Å². The number of oxazole rings is 1. The Morgan fingerprint density at radius 2 is 1.90 bits per heavy atom. The first kappa shape index (κ1) is 14.3. The number of hydrogen-bond acceptors (Lipinski definition) is 5. The average Bonchev–Trinajstić information content (AvgIpc) is 2.80. The van der Waals surface area contributed by atoms with Crippen LogP contribution in [0.25, 0.3) is 0 Å². The van der Waals surface area contributed by atoms with E-state index in [0.717, 1.165) is 4.88 Å². The van der Waals surface area contributed by atoms with E-state index in [2.05, 4.69) is 10.3 Å². The molecule has 6 nitrogen and oxygen atoms in total. The lowest BCUT2D eigenvalue weighted by Crippen LogP contribution is -2.14. The Hall–Kier alpha value is -2.15. The van der Waals surface area contributed by atoms with Crippen LogP contribution in [-0.2, 0) is 0 Å². The molecule has 2 aromatic rings. The summed E-state index contributed by atoms with van der Waals surface area (Å²) < 4.78 is 5.22. The van der Waals surface area contributed by atoms with Gasteiger partial charge in [0.25, 0.3) is 5.91 Å². The standard InChI is InChI=1S/C13H14N2O4S/c1-5-7(3)20-12(9(5)13(17)18)15-11(16)10-6(2)14-8(4)19-10/h1-4H3,(H,15,16)(H,17,18). The molecule has 0 bridgehead atoms. The number of aromatic carboxylic acids is 1. The Balaban J connectivity index is 2.35. The summed E-state index contributed by atoms with van der Waals surface area (Å²) in [6, 6.07) is 0. The van der Waals surface area contributed by atoms with Crippen LogP contribution in [-0.4, -0.2) is 22.0 Å². The van der Waals surface area contributed by atoms with Gasteiger partial charge >= 0.3 is 5.97 Å². The molecule has 2 heterocycles.